The Balaban J connectivity index is 1.62. The van der Waals surface area contributed by atoms with Crippen LogP contribution in [0.2, 0.25) is 0 Å². The molecule has 4 nitrogen and oxygen atoms in total. The number of nitrogens with one attached hydrogen (secondary N) is 1. The van der Waals surface area contributed by atoms with Crippen molar-refractivity contribution < 1.29 is 9.18 Å². The van der Waals surface area contributed by atoms with Crippen molar-refractivity contribution in [2.24, 2.45) is 5.73 Å². The molecule has 0 atom stereocenters. The number of carbonyl (C=O) groups excluding carboxylic acids is 1. The second kappa shape index (κ2) is 7.97. The predicted octanol–water partition coefficient (Wildman–Crippen LogP) is 3.76. The molecule has 0 spiro atoms. The highest BCUT2D eigenvalue weighted by Crippen LogP contribution is 2.27. The Bertz CT molecular complexity index is 746. The van der Waals surface area contributed by atoms with Crippen LogP contribution in [0.5, 0.6) is 0 Å². The van der Waals surface area contributed by atoms with Crippen LogP contribution in [0.25, 0.3) is 0 Å². The molecule has 0 radical (unpaired) electrons. The van der Waals surface area contributed by atoms with Gasteiger partial charge in [0.25, 0.3) is 5.91 Å². The second-order valence-corrected chi connectivity index (χ2v) is 7.27. The summed E-state index contributed by atoms with van der Waals surface area (Å²) >= 11 is 3.27. The van der Waals surface area contributed by atoms with E-state index in [1.165, 1.54) is 11.6 Å². The maximum Gasteiger partial charge on any atom is 0.253 e. The van der Waals surface area contributed by atoms with Crippen LogP contribution in [0.3, 0.4) is 0 Å². The summed E-state index contributed by atoms with van der Waals surface area (Å²) in [4.78, 5) is 14.0. The van der Waals surface area contributed by atoms with E-state index in [0.717, 1.165) is 32.5 Å². The molecule has 1 saturated heterocycles. The Kier molecular flexibility index (Phi) is 5.71. The largest absolute Gasteiger partial charge is 0.381 e. The highest BCUT2D eigenvalue weighted by molar-refractivity contribution is 9.10. The molecule has 1 heterocycles. The molecule has 2 aromatic rings. The molecule has 3 N–H and O–H groups in total. The maximum atomic E-state index is 14.0. The van der Waals surface area contributed by atoms with Crippen molar-refractivity contribution in [1.29, 1.82) is 0 Å². The van der Waals surface area contributed by atoms with Gasteiger partial charge in [0.15, 0.2) is 0 Å². The summed E-state index contributed by atoms with van der Waals surface area (Å²) in [5.74, 6) is -1.36. The fourth-order valence-electron chi connectivity index (χ4n) is 3.23. The lowest BCUT2D eigenvalue weighted by Gasteiger charge is -2.33. The fourth-order valence-corrected chi connectivity index (χ4v) is 3.66. The number of piperidine rings is 1. The number of amides is 1. The Labute approximate surface area is 155 Å². The summed E-state index contributed by atoms with van der Waals surface area (Å²) in [6.07, 6.45) is 1.86. The molecule has 1 fully saturated rings. The third kappa shape index (κ3) is 4.58. The number of hydrogen-bond acceptors (Lipinski definition) is 3. The van der Waals surface area contributed by atoms with Gasteiger partial charge in [0, 0.05) is 30.1 Å². The zero-order valence-corrected chi connectivity index (χ0v) is 15.4. The molecule has 3 rings (SSSR count). The minimum absolute atomic E-state index is 0.0742. The minimum atomic E-state index is -0.756. The highest BCUT2D eigenvalue weighted by atomic mass is 79.9. The first kappa shape index (κ1) is 17.9. The fraction of sp³-hybridized carbons (Fsp3) is 0.316. The Morgan fingerprint density at radius 2 is 1.92 bits per heavy atom. The Morgan fingerprint density at radius 1 is 1.24 bits per heavy atom. The quantitative estimate of drug-likeness (QED) is 0.795. The summed E-state index contributed by atoms with van der Waals surface area (Å²) in [5.41, 5.74) is 7.03. The normalized spacial score (nSPS) is 15.9. The van der Waals surface area contributed by atoms with Gasteiger partial charge in [0.1, 0.15) is 5.82 Å². The molecule has 132 valence electrons. The van der Waals surface area contributed by atoms with E-state index in [2.05, 4.69) is 50.4 Å². The van der Waals surface area contributed by atoms with E-state index in [1.54, 1.807) is 6.07 Å². The van der Waals surface area contributed by atoms with E-state index in [4.69, 9.17) is 5.73 Å². The second-order valence-electron chi connectivity index (χ2n) is 6.35. The minimum Gasteiger partial charge on any atom is -0.381 e. The number of halogens is 2. The van der Waals surface area contributed by atoms with E-state index >= 15 is 0 Å². The molecule has 25 heavy (non-hydrogen) atoms. The number of benzene rings is 2. The Morgan fingerprint density at radius 3 is 2.56 bits per heavy atom. The van der Waals surface area contributed by atoms with Crippen LogP contribution in [-0.2, 0) is 6.54 Å². The average molecular weight is 406 g/mol. The van der Waals surface area contributed by atoms with Crippen molar-refractivity contribution in [3.63, 3.8) is 0 Å². The van der Waals surface area contributed by atoms with Crippen LogP contribution in [0.4, 0.5) is 10.1 Å². The Hall–Kier alpha value is -1.92. The van der Waals surface area contributed by atoms with Crippen LogP contribution in [0.1, 0.15) is 28.8 Å². The van der Waals surface area contributed by atoms with Crippen molar-refractivity contribution in [1.82, 2.24) is 4.90 Å². The lowest BCUT2D eigenvalue weighted by Crippen LogP contribution is -2.39. The van der Waals surface area contributed by atoms with E-state index in [0.29, 0.717) is 10.2 Å². The van der Waals surface area contributed by atoms with Crippen LogP contribution in [0, 0.1) is 5.82 Å². The summed E-state index contributed by atoms with van der Waals surface area (Å²) in [6, 6.07) is 13.5. The molecule has 0 aliphatic carbocycles. The van der Waals surface area contributed by atoms with E-state index in [-0.39, 0.29) is 11.6 Å². The van der Waals surface area contributed by atoms with Gasteiger partial charge in [-0.2, -0.15) is 0 Å². The zero-order valence-electron chi connectivity index (χ0n) is 13.8. The number of rotatable bonds is 5. The summed E-state index contributed by atoms with van der Waals surface area (Å²) < 4.78 is 14.6. The van der Waals surface area contributed by atoms with Crippen molar-refractivity contribution in [3.05, 3.63) is 63.9 Å². The molecule has 0 aromatic heterocycles. The average Bonchev–Trinajstić information content (AvgIpc) is 2.56. The van der Waals surface area contributed by atoms with Gasteiger partial charge in [-0.05, 0) is 30.5 Å². The number of anilines is 1. The molecule has 0 unspecified atom stereocenters. The van der Waals surface area contributed by atoms with Crippen LogP contribution >= 0.6 is 15.9 Å². The number of nitrogens with zero attached hydrogens (tertiary/aromatic N) is 1. The first-order valence-corrected chi connectivity index (χ1v) is 9.14. The van der Waals surface area contributed by atoms with Gasteiger partial charge in [0.2, 0.25) is 0 Å². The topological polar surface area (TPSA) is 58.4 Å². The van der Waals surface area contributed by atoms with Crippen molar-refractivity contribution in [2.75, 3.05) is 18.4 Å². The molecule has 0 bridgehead atoms. The number of primary amides is 1. The van der Waals surface area contributed by atoms with Crippen LogP contribution in [-0.4, -0.2) is 29.9 Å². The van der Waals surface area contributed by atoms with E-state index in [9.17, 15) is 9.18 Å². The molecular formula is C19H21BrFN3O. The highest BCUT2D eigenvalue weighted by Gasteiger charge is 2.22. The molecule has 0 saturated carbocycles. The zero-order chi connectivity index (χ0) is 17.8. The van der Waals surface area contributed by atoms with Gasteiger partial charge >= 0.3 is 0 Å². The first-order chi connectivity index (χ1) is 12.0. The molecule has 1 amide bonds. The van der Waals surface area contributed by atoms with Gasteiger partial charge < -0.3 is 11.1 Å². The van der Waals surface area contributed by atoms with Crippen LogP contribution < -0.4 is 11.1 Å². The van der Waals surface area contributed by atoms with Crippen molar-refractivity contribution in [3.8, 4) is 0 Å². The summed E-state index contributed by atoms with van der Waals surface area (Å²) in [6.45, 7) is 2.84. The van der Waals surface area contributed by atoms with Gasteiger partial charge in [-0.1, -0.05) is 46.3 Å². The SMILES string of the molecule is NC(=O)c1c(F)cc(Br)cc1NC1CCN(Cc2ccccc2)CC1. The maximum absolute atomic E-state index is 14.0. The number of carbonyl (C=O) groups is 1. The molecule has 1 aliphatic rings. The summed E-state index contributed by atoms with van der Waals surface area (Å²) in [7, 11) is 0. The third-order valence-electron chi connectivity index (χ3n) is 4.50. The molecule has 1 aliphatic heterocycles. The standard InChI is InChI=1S/C19H21BrFN3O/c20-14-10-16(21)18(19(22)25)17(11-14)23-15-6-8-24(9-7-15)12-13-4-2-1-3-5-13/h1-5,10-11,15,23H,6-9,12H2,(H2,22,25). The molecule has 2 aromatic carbocycles. The first-order valence-electron chi connectivity index (χ1n) is 8.34. The molecule has 6 heteroatoms. The number of hydrogen-bond donors (Lipinski definition) is 2. The predicted molar refractivity (Wildman–Crippen MR) is 101 cm³/mol. The number of likely N-dealkylation sites (tertiary alicyclic amines) is 1. The van der Waals surface area contributed by atoms with Gasteiger partial charge in [-0.15, -0.1) is 0 Å². The lowest BCUT2D eigenvalue weighted by molar-refractivity contribution is 0.0997. The lowest BCUT2D eigenvalue weighted by atomic mass is 10.0. The molecular weight excluding hydrogens is 385 g/mol. The summed E-state index contributed by atoms with van der Waals surface area (Å²) in [5, 5.41) is 3.30. The van der Waals surface area contributed by atoms with Crippen molar-refractivity contribution in [2.45, 2.75) is 25.4 Å². The van der Waals surface area contributed by atoms with Gasteiger partial charge in [-0.25, -0.2) is 4.39 Å². The smallest absolute Gasteiger partial charge is 0.253 e. The van der Waals surface area contributed by atoms with Gasteiger partial charge in [0.05, 0.1) is 11.3 Å². The van der Waals surface area contributed by atoms with Gasteiger partial charge in [-0.3, -0.25) is 9.69 Å². The third-order valence-corrected chi connectivity index (χ3v) is 4.96. The van der Waals surface area contributed by atoms with Crippen molar-refractivity contribution >= 4 is 27.5 Å². The monoisotopic (exact) mass is 405 g/mol. The number of nitrogens with two attached hydrogens (primary N) is 1. The van der Waals surface area contributed by atoms with E-state index in [1.807, 2.05) is 6.07 Å². The van der Waals surface area contributed by atoms with E-state index < -0.39 is 11.7 Å². The van der Waals surface area contributed by atoms with Crippen LogP contribution in [0.15, 0.2) is 46.9 Å².